The highest BCUT2D eigenvalue weighted by Gasteiger charge is 2.17. The largest absolute Gasteiger partial charge is 0.384 e. The number of aldehydes is 1. The number of carbonyl (C=O) groups excluding carboxylic acids is 1. The first-order valence-corrected chi connectivity index (χ1v) is 5.50. The minimum Gasteiger partial charge on any atom is -0.370 e. The Balaban J connectivity index is 3.05. The van der Waals surface area contributed by atoms with Crippen LogP contribution in [0.25, 0.3) is 0 Å². The Kier molecular flexibility index (Phi) is 3.43. The van der Waals surface area contributed by atoms with E-state index in [1.807, 2.05) is 0 Å². The third-order valence-electron chi connectivity index (χ3n) is 1.69. The molecule has 0 bridgehead atoms. The van der Waals surface area contributed by atoms with Gasteiger partial charge in [-0.1, -0.05) is 12.1 Å². The van der Waals surface area contributed by atoms with Crippen LogP contribution in [0.1, 0.15) is 10.4 Å². The average molecular weight is 229 g/mol. The first-order valence-electron chi connectivity index (χ1n) is 4.13. The molecule has 0 atom stereocenters. The summed E-state index contributed by atoms with van der Waals surface area (Å²) in [4.78, 5) is 10.6. The minimum absolute atomic E-state index is 0.0289. The van der Waals surface area contributed by atoms with Crippen molar-refractivity contribution in [2.45, 2.75) is 0 Å². The van der Waals surface area contributed by atoms with Crippen LogP contribution in [0.3, 0.4) is 0 Å². The third-order valence-corrected chi connectivity index (χ3v) is 2.97. The second kappa shape index (κ2) is 4.41. The molecule has 0 aliphatic rings. The van der Waals surface area contributed by atoms with Crippen molar-refractivity contribution in [1.82, 2.24) is 4.31 Å². The van der Waals surface area contributed by atoms with Crippen LogP contribution in [0.4, 0.5) is 0 Å². The maximum atomic E-state index is 11.4. The van der Waals surface area contributed by atoms with Crippen molar-refractivity contribution in [3.63, 3.8) is 0 Å². The number of rotatable bonds is 4. The van der Waals surface area contributed by atoms with Gasteiger partial charge < -0.3 is 4.18 Å². The molecule has 0 aromatic heterocycles. The molecule has 0 saturated heterocycles. The van der Waals surface area contributed by atoms with Crippen LogP contribution in [0.2, 0.25) is 0 Å². The Morgan fingerprint density at radius 3 is 2.40 bits per heavy atom. The van der Waals surface area contributed by atoms with Crippen LogP contribution in [0, 0.1) is 0 Å². The summed E-state index contributed by atoms with van der Waals surface area (Å²) in [6.45, 7) is 0. The van der Waals surface area contributed by atoms with Crippen molar-refractivity contribution >= 4 is 16.6 Å². The first kappa shape index (κ1) is 11.7. The number of carbonyl (C=O) groups is 1. The predicted molar refractivity (Wildman–Crippen MR) is 55.1 cm³/mol. The maximum Gasteiger partial charge on any atom is 0.384 e. The molecule has 1 rings (SSSR count). The standard InChI is InChI=1S/C9H11NO4S/c1-10(2)15(12,13)14-9-6-4-3-5-8(9)7-11/h3-7H,1-2H3. The molecule has 0 heterocycles. The van der Waals surface area contributed by atoms with Gasteiger partial charge >= 0.3 is 10.3 Å². The van der Waals surface area contributed by atoms with E-state index in [2.05, 4.69) is 0 Å². The summed E-state index contributed by atoms with van der Waals surface area (Å²) in [6.07, 6.45) is 0.542. The second-order valence-electron chi connectivity index (χ2n) is 2.98. The van der Waals surface area contributed by atoms with Gasteiger partial charge in [0, 0.05) is 14.1 Å². The molecule has 5 nitrogen and oxygen atoms in total. The molecule has 15 heavy (non-hydrogen) atoms. The Labute approximate surface area is 88.5 Å². The van der Waals surface area contributed by atoms with E-state index in [1.165, 1.54) is 26.2 Å². The van der Waals surface area contributed by atoms with Crippen LogP contribution < -0.4 is 4.18 Å². The van der Waals surface area contributed by atoms with E-state index in [0.717, 1.165) is 4.31 Å². The van der Waals surface area contributed by atoms with Crippen LogP contribution in [0.5, 0.6) is 5.75 Å². The van der Waals surface area contributed by atoms with Gasteiger partial charge in [-0.3, -0.25) is 4.79 Å². The lowest BCUT2D eigenvalue weighted by atomic mass is 10.2. The van der Waals surface area contributed by atoms with Gasteiger partial charge in [0.25, 0.3) is 0 Å². The second-order valence-corrected chi connectivity index (χ2v) is 4.73. The fourth-order valence-electron chi connectivity index (χ4n) is 0.842. The molecule has 0 unspecified atom stereocenters. The maximum absolute atomic E-state index is 11.4. The van der Waals surface area contributed by atoms with Crippen LogP contribution in [0.15, 0.2) is 24.3 Å². The van der Waals surface area contributed by atoms with E-state index in [4.69, 9.17) is 4.18 Å². The molecule has 0 fully saturated rings. The normalized spacial score (nSPS) is 11.4. The molecule has 0 aliphatic carbocycles. The lowest BCUT2D eigenvalue weighted by Crippen LogP contribution is -2.27. The van der Waals surface area contributed by atoms with Gasteiger partial charge in [-0.2, -0.15) is 12.7 Å². The van der Waals surface area contributed by atoms with E-state index in [-0.39, 0.29) is 11.3 Å². The molecule has 0 N–H and O–H groups in total. The summed E-state index contributed by atoms with van der Waals surface area (Å²) in [7, 11) is -1.12. The van der Waals surface area contributed by atoms with E-state index in [1.54, 1.807) is 12.1 Å². The summed E-state index contributed by atoms with van der Waals surface area (Å²) in [5.41, 5.74) is 0.197. The highest BCUT2D eigenvalue weighted by Crippen LogP contribution is 2.18. The van der Waals surface area contributed by atoms with Crippen molar-refractivity contribution in [2.24, 2.45) is 0 Å². The number of para-hydroxylation sites is 1. The molecule has 0 radical (unpaired) electrons. The predicted octanol–water partition coefficient (Wildman–Crippen LogP) is 0.684. The lowest BCUT2D eigenvalue weighted by molar-refractivity contribution is 0.112. The van der Waals surface area contributed by atoms with E-state index in [0.29, 0.717) is 6.29 Å². The molecule has 0 spiro atoms. The zero-order valence-electron chi connectivity index (χ0n) is 8.38. The smallest absolute Gasteiger partial charge is 0.370 e. The Morgan fingerprint density at radius 2 is 1.87 bits per heavy atom. The molecule has 1 aromatic carbocycles. The third kappa shape index (κ3) is 2.77. The molecule has 6 heteroatoms. The summed E-state index contributed by atoms with van der Waals surface area (Å²) in [6, 6.07) is 6.12. The quantitative estimate of drug-likeness (QED) is 0.712. The highest BCUT2D eigenvalue weighted by atomic mass is 32.2. The Hall–Kier alpha value is -1.40. The zero-order chi connectivity index (χ0) is 11.5. The minimum atomic E-state index is -3.81. The summed E-state index contributed by atoms with van der Waals surface area (Å²) in [5, 5.41) is 0. The number of hydrogen-bond acceptors (Lipinski definition) is 4. The molecule has 0 amide bonds. The average Bonchev–Trinajstić information content (AvgIpc) is 2.18. The molecule has 0 saturated carbocycles. The fraction of sp³-hybridized carbons (Fsp3) is 0.222. The van der Waals surface area contributed by atoms with Gasteiger partial charge in [0.1, 0.15) is 0 Å². The molecular formula is C9H11NO4S. The SMILES string of the molecule is CN(C)S(=O)(=O)Oc1ccccc1C=O. The molecule has 0 aliphatic heterocycles. The highest BCUT2D eigenvalue weighted by molar-refractivity contribution is 7.84. The van der Waals surface area contributed by atoms with Crippen LogP contribution >= 0.6 is 0 Å². The number of nitrogens with zero attached hydrogens (tertiary/aromatic N) is 1. The van der Waals surface area contributed by atoms with E-state index < -0.39 is 10.3 Å². The van der Waals surface area contributed by atoms with Crippen LogP contribution in [-0.4, -0.2) is 33.1 Å². The monoisotopic (exact) mass is 229 g/mol. The van der Waals surface area contributed by atoms with Crippen LogP contribution in [-0.2, 0) is 10.3 Å². The van der Waals surface area contributed by atoms with Gasteiger partial charge in [0.2, 0.25) is 0 Å². The summed E-state index contributed by atoms with van der Waals surface area (Å²) < 4.78 is 28.4. The first-order chi connectivity index (χ1) is 6.97. The zero-order valence-corrected chi connectivity index (χ0v) is 9.19. The molecule has 1 aromatic rings. The Bertz CT molecular complexity index is 453. The molecule has 82 valence electrons. The molecular weight excluding hydrogens is 218 g/mol. The lowest BCUT2D eigenvalue weighted by Gasteiger charge is -2.12. The van der Waals surface area contributed by atoms with Crippen molar-refractivity contribution in [3.8, 4) is 5.75 Å². The number of benzene rings is 1. The van der Waals surface area contributed by atoms with Crippen molar-refractivity contribution in [2.75, 3.05) is 14.1 Å². The van der Waals surface area contributed by atoms with Gasteiger partial charge in [-0.05, 0) is 12.1 Å². The topological polar surface area (TPSA) is 63.7 Å². The van der Waals surface area contributed by atoms with Crippen molar-refractivity contribution < 1.29 is 17.4 Å². The van der Waals surface area contributed by atoms with Gasteiger partial charge in [0.05, 0.1) is 5.56 Å². The van der Waals surface area contributed by atoms with Gasteiger partial charge in [-0.15, -0.1) is 0 Å². The summed E-state index contributed by atoms with van der Waals surface area (Å²) >= 11 is 0. The Morgan fingerprint density at radius 1 is 1.27 bits per heavy atom. The van der Waals surface area contributed by atoms with Gasteiger partial charge in [-0.25, -0.2) is 0 Å². The summed E-state index contributed by atoms with van der Waals surface area (Å²) in [5.74, 6) is 0.0289. The number of hydrogen-bond donors (Lipinski definition) is 0. The van der Waals surface area contributed by atoms with E-state index in [9.17, 15) is 13.2 Å². The van der Waals surface area contributed by atoms with E-state index >= 15 is 0 Å². The van der Waals surface area contributed by atoms with Crippen molar-refractivity contribution in [3.05, 3.63) is 29.8 Å². The van der Waals surface area contributed by atoms with Gasteiger partial charge in [0.15, 0.2) is 12.0 Å². The fourth-order valence-corrected chi connectivity index (χ4v) is 1.37. The van der Waals surface area contributed by atoms with Crippen molar-refractivity contribution in [1.29, 1.82) is 0 Å².